The van der Waals surface area contributed by atoms with Crippen LogP contribution in [0.15, 0.2) is 60.7 Å². The third-order valence-corrected chi connectivity index (χ3v) is 8.24. The van der Waals surface area contributed by atoms with Crippen LogP contribution in [0.5, 0.6) is 17.2 Å². The molecule has 0 N–H and O–H groups in total. The number of ketones is 1. The molecule has 1 aliphatic rings. The predicted octanol–water partition coefficient (Wildman–Crippen LogP) is 5.73. The molecule has 1 heterocycles. The molecule has 0 spiro atoms. The number of hydrogen-bond acceptors (Lipinski definition) is 6. The maximum Gasteiger partial charge on any atom is 0.295 e. The van der Waals surface area contributed by atoms with Crippen LogP contribution in [0.4, 0.5) is 8.78 Å². The standard InChI is InChI=1S/C34H40F2N2O5/c1-37(28(17-11-23-7-13-26(35)14-8-23)18-12-24-9-15-27(36)16-10-24)22-29-6-5-19-38(29)34(40)32(39)25-20-30(41-2)33(43-4)31(21-25)42-3/h7-10,13-16,20-21,28-29H,5-6,11-12,17-19,22H2,1-4H3/t29-/m0/s1. The number of Topliss-reactive ketones (excluding diaryl/α,β-unsaturated/α-hetero) is 1. The minimum Gasteiger partial charge on any atom is -0.493 e. The molecule has 1 aliphatic heterocycles. The van der Waals surface area contributed by atoms with Gasteiger partial charge in [0.25, 0.3) is 11.7 Å². The van der Waals surface area contributed by atoms with Crippen LogP contribution in [-0.4, -0.2) is 75.0 Å². The van der Waals surface area contributed by atoms with Gasteiger partial charge in [-0.15, -0.1) is 0 Å². The molecule has 1 fully saturated rings. The van der Waals surface area contributed by atoms with Crippen LogP contribution in [0, 0.1) is 11.6 Å². The zero-order valence-electron chi connectivity index (χ0n) is 25.3. The van der Waals surface area contributed by atoms with Crippen molar-refractivity contribution in [2.24, 2.45) is 0 Å². The molecule has 0 aliphatic carbocycles. The minimum absolute atomic E-state index is 0.123. The Hall–Kier alpha value is -3.98. The first-order valence-corrected chi connectivity index (χ1v) is 14.6. The lowest BCUT2D eigenvalue weighted by atomic mass is 9.97. The van der Waals surface area contributed by atoms with Crippen molar-refractivity contribution in [2.75, 3.05) is 41.5 Å². The summed E-state index contributed by atoms with van der Waals surface area (Å²) in [7, 11) is 6.44. The average molecular weight is 595 g/mol. The van der Waals surface area contributed by atoms with Crippen molar-refractivity contribution in [1.29, 1.82) is 0 Å². The van der Waals surface area contributed by atoms with Gasteiger partial charge in [0.2, 0.25) is 5.75 Å². The van der Waals surface area contributed by atoms with Gasteiger partial charge in [0.15, 0.2) is 11.5 Å². The Morgan fingerprint density at radius 1 is 0.860 bits per heavy atom. The van der Waals surface area contributed by atoms with E-state index in [0.29, 0.717) is 30.3 Å². The maximum atomic E-state index is 13.5. The molecule has 1 saturated heterocycles. The second-order valence-electron chi connectivity index (χ2n) is 11.0. The maximum absolute atomic E-state index is 13.5. The Morgan fingerprint density at radius 3 is 1.84 bits per heavy atom. The first kappa shape index (κ1) is 31.9. The van der Waals surface area contributed by atoms with E-state index in [1.54, 1.807) is 29.2 Å². The van der Waals surface area contributed by atoms with Crippen LogP contribution in [-0.2, 0) is 17.6 Å². The van der Waals surface area contributed by atoms with Crippen molar-refractivity contribution >= 4 is 11.7 Å². The fraction of sp³-hybridized carbons (Fsp3) is 0.412. The molecule has 1 amide bonds. The number of likely N-dealkylation sites (N-methyl/N-ethyl adjacent to an activating group) is 1. The van der Waals surface area contributed by atoms with Crippen molar-refractivity contribution < 1.29 is 32.6 Å². The molecule has 230 valence electrons. The molecule has 1 atom stereocenters. The summed E-state index contributed by atoms with van der Waals surface area (Å²) >= 11 is 0. The molecular formula is C34H40F2N2O5. The van der Waals surface area contributed by atoms with Crippen LogP contribution in [0.3, 0.4) is 0 Å². The highest BCUT2D eigenvalue weighted by atomic mass is 19.1. The summed E-state index contributed by atoms with van der Waals surface area (Å²) in [5.74, 6) is -0.748. The van der Waals surface area contributed by atoms with Gasteiger partial charge in [0.05, 0.1) is 21.3 Å². The molecule has 0 bridgehead atoms. The fourth-order valence-corrected chi connectivity index (χ4v) is 5.79. The van der Waals surface area contributed by atoms with E-state index in [1.807, 2.05) is 7.05 Å². The highest BCUT2D eigenvalue weighted by Crippen LogP contribution is 2.38. The summed E-state index contributed by atoms with van der Waals surface area (Å²) in [5, 5.41) is 0. The van der Waals surface area contributed by atoms with E-state index in [1.165, 1.54) is 57.7 Å². The number of aryl methyl sites for hydroxylation is 2. The Labute approximate surface area is 252 Å². The second-order valence-corrected chi connectivity index (χ2v) is 11.0. The fourth-order valence-electron chi connectivity index (χ4n) is 5.79. The molecule has 7 nitrogen and oxygen atoms in total. The number of carbonyl (C=O) groups excluding carboxylic acids is 2. The number of benzene rings is 3. The van der Waals surface area contributed by atoms with Crippen molar-refractivity contribution in [1.82, 2.24) is 9.80 Å². The van der Waals surface area contributed by atoms with Crippen molar-refractivity contribution in [2.45, 2.75) is 50.6 Å². The van der Waals surface area contributed by atoms with Gasteiger partial charge < -0.3 is 24.0 Å². The van der Waals surface area contributed by atoms with E-state index in [0.717, 1.165) is 49.7 Å². The smallest absolute Gasteiger partial charge is 0.295 e. The quantitative estimate of drug-likeness (QED) is 0.176. The molecule has 3 aromatic carbocycles. The molecule has 9 heteroatoms. The van der Waals surface area contributed by atoms with Crippen LogP contribution in [0.25, 0.3) is 0 Å². The van der Waals surface area contributed by atoms with Crippen molar-refractivity contribution in [3.8, 4) is 17.2 Å². The van der Waals surface area contributed by atoms with Crippen LogP contribution >= 0.6 is 0 Å². The van der Waals surface area contributed by atoms with Crippen molar-refractivity contribution in [3.63, 3.8) is 0 Å². The third-order valence-electron chi connectivity index (χ3n) is 8.24. The number of halogens is 2. The van der Waals surface area contributed by atoms with E-state index >= 15 is 0 Å². The molecule has 43 heavy (non-hydrogen) atoms. The van der Waals surface area contributed by atoms with Gasteiger partial charge in [-0.2, -0.15) is 0 Å². The molecular weight excluding hydrogens is 554 g/mol. The number of hydrogen-bond donors (Lipinski definition) is 0. The SMILES string of the molecule is COc1cc(C(=O)C(=O)N2CCC[C@H]2CN(C)C(CCc2ccc(F)cc2)CCc2ccc(F)cc2)cc(OC)c1OC. The lowest BCUT2D eigenvalue weighted by Crippen LogP contribution is -2.47. The van der Waals surface area contributed by atoms with Crippen molar-refractivity contribution in [3.05, 3.63) is 89.0 Å². The van der Waals surface area contributed by atoms with Gasteiger partial charge in [0.1, 0.15) is 11.6 Å². The molecule has 0 saturated carbocycles. The highest BCUT2D eigenvalue weighted by molar-refractivity contribution is 6.43. The number of carbonyl (C=O) groups is 2. The van der Waals surface area contributed by atoms with E-state index in [-0.39, 0.29) is 29.3 Å². The molecule has 0 unspecified atom stereocenters. The number of rotatable bonds is 14. The second kappa shape index (κ2) is 15.0. The number of ether oxygens (including phenoxy) is 3. The summed E-state index contributed by atoms with van der Waals surface area (Å²) in [6.07, 6.45) is 4.80. The average Bonchev–Trinajstić information content (AvgIpc) is 3.49. The zero-order chi connectivity index (χ0) is 30.9. The van der Waals surface area contributed by atoms with Gasteiger partial charge in [-0.1, -0.05) is 24.3 Å². The lowest BCUT2D eigenvalue weighted by molar-refractivity contribution is -0.127. The topological polar surface area (TPSA) is 68.3 Å². The van der Waals surface area contributed by atoms with Gasteiger partial charge in [-0.25, -0.2) is 8.78 Å². The summed E-state index contributed by atoms with van der Waals surface area (Å²) in [6.45, 7) is 1.11. The zero-order valence-corrected chi connectivity index (χ0v) is 25.3. The first-order chi connectivity index (χ1) is 20.7. The van der Waals surface area contributed by atoms with E-state index < -0.39 is 11.7 Å². The summed E-state index contributed by atoms with van der Waals surface area (Å²) in [4.78, 5) is 30.8. The Morgan fingerprint density at radius 2 is 1.37 bits per heavy atom. The Kier molecular flexibility index (Phi) is 11.1. The van der Waals surface area contributed by atoms with E-state index in [4.69, 9.17) is 14.2 Å². The van der Waals surface area contributed by atoms with E-state index in [9.17, 15) is 18.4 Å². The third kappa shape index (κ3) is 8.10. The molecule has 3 aromatic rings. The number of amides is 1. The monoisotopic (exact) mass is 594 g/mol. The number of likely N-dealkylation sites (tertiary alicyclic amines) is 1. The molecule has 4 rings (SSSR count). The van der Waals surface area contributed by atoms with Gasteiger partial charge in [-0.05, 0) is 93.1 Å². The molecule has 0 aromatic heterocycles. The van der Waals surface area contributed by atoms with Gasteiger partial charge in [-0.3, -0.25) is 9.59 Å². The normalized spacial score (nSPS) is 14.8. The number of methoxy groups -OCH3 is 3. The van der Waals surface area contributed by atoms with Crippen LogP contribution in [0.2, 0.25) is 0 Å². The predicted molar refractivity (Wildman–Crippen MR) is 161 cm³/mol. The van der Waals surface area contributed by atoms with Gasteiger partial charge >= 0.3 is 0 Å². The lowest BCUT2D eigenvalue weighted by Gasteiger charge is -2.34. The largest absolute Gasteiger partial charge is 0.493 e. The first-order valence-electron chi connectivity index (χ1n) is 14.6. The summed E-state index contributed by atoms with van der Waals surface area (Å²) in [5.41, 5.74) is 2.28. The number of nitrogens with zero attached hydrogens (tertiary/aromatic N) is 2. The summed E-state index contributed by atoms with van der Waals surface area (Å²) in [6, 6.07) is 16.1. The molecule has 0 radical (unpaired) electrons. The Bertz CT molecular complexity index is 1310. The van der Waals surface area contributed by atoms with Crippen LogP contribution < -0.4 is 14.2 Å². The van der Waals surface area contributed by atoms with Crippen LogP contribution in [0.1, 0.15) is 47.2 Å². The summed E-state index contributed by atoms with van der Waals surface area (Å²) < 4.78 is 43.0. The highest BCUT2D eigenvalue weighted by Gasteiger charge is 2.35. The Balaban J connectivity index is 1.47. The van der Waals surface area contributed by atoms with Gasteiger partial charge in [0, 0.05) is 30.7 Å². The minimum atomic E-state index is -0.627. The van der Waals surface area contributed by atoms with E-state index in [2.05, 4.69) is 4.90 Å².